The van der Waals surface area contributed by atoms with Crippen LogP contribution in [0.15, 0.2) is 24.3 Å². The van der Waals surface area contributed by atoms with Crippen molar-refractivity contribution in [3.05, 3.63) is 35.4 Å². The fourth-order valence-electron chi connectivity index (χ4n) is 2.31. The minimum atomic E-state index is -0.519. The Balaban J connectivity index is 2.91. The number of nitrogens with zero attached hydrogens (tertiary/aromatic N) is 1. The van der Waals surface area contributed by atoms with Gasteiger partial charge in [-0.15, -0.1) is 0 Å². The maximum Gasteiger partial charge on any atom is 0.245 e. The molecule has 0 fully saturated rings. The SMILES string of the molecule is COCCN(Cc1ccc(C)cc1)C(=O)[C@@H](NC(C)=O)C(C)C. The molecule has 0 aromatic heterocycles. The highest BCUT2D eigenvalue weighted by Crippen LogP contribution is 2.12. The summed E-state index contributed by atoms with van der Waals surface area (Å²) in [5.74, 6) is -0.249. The van der Waals surface area contributed by atoms with Gasteiger partial charge in [0.05, 0.1) is 6.61 Å². The average molecular weight is 320 g/mol. The van der Waals surface area contributed by atoms with Gasteiger partial charge in [-0.25, -0.2) is 0 Å². The zero-order valence-electron chi connectivity index (χ0n) is 14.8. The monoisotopic (exact) mass is 320 g/mol. The fourth-order valence-corrected chi connectivity index (χ4v) is 2.31. The van der Waals surface area contributed by atoms with Gasteiger partial charge in [-0.05, 0) is 18.4 Å². The number of carbonyl (C=O) groups excluding carboxylic acids is 2. The van der Waals surface area contributed by atoms with Gasteiger partial charge in [-0.2, -0.15) is 0 Å². The largest absolute Gasteiger partial charge is 0.383 e. The van der Waals surface area contributed by atoms with E-state index in [1.165, 1.54) is 12.5 Å². The Bertz CT molecular complexity index is 512. The molecule has 1 rings (SSSR count). The Morgan fingerprint density at radius 1 is 1.22 bits per heavy atom. The van der Waals surface area contributed by atoms with E-state index in [0.717, 1.165) is 5.56 Å². The number of amides is 2. The van der Waals surface area contributed by atoms with Crippen molar-refractivity contribution in [3.8, 4) is 0 Å². The van der Waals surface area contributed by atoms with Gasteiger partial charge in [-0.3, -0.25) is 9.59 Å². The van der Waals surface area contributed by atoms with Gasteiger partial charge in [0.1, 0.15) is 6.04 Å². The van der Waals surface area contributed by atoms with Gasteiger partial charge in [0.25, 0.3) is 0 Å². The number of hydrogen-bond donors (Lipinski definition) is 1. The summed E-state index contributed by atoms with van der Waals surface area (Å²) in [6.45, 7) is 8.78. The van der Waals surface area contributed by atoms with Crippen molar-refractivity contribution >= 4 is 11.8 Å². The van der Waals surface area contributed by atoms with E-state index in [1.54, 1.807) is 12.0 Å². The Labute approximate surface area is 139 Å². The third-order valence-electron chi connectivity index (χ3n) is 3.66. The molecule has 1 atom stereocenters. The van der Waals surface area contributed by atoms with Crippen LogP contribution >= 0.6 is 0 Å². The lowest BCUT2D eigenvalue weighted by Crippen LogP contribution is -2.51. The number of rotatable bonds is 8. The summed E-state index contributed by atoms with van der Waals surface area (Å²) in [6, 6.07) is 7.58. The zero-order valence-corrected chi connectivity index (χ0v) is 14.8. The van der Waals surface area contributed by atoms with Crippen LogP contribution in [0.4, 0.5) is 0 Å². The second-order valence-corrected chi connectivity index (χ2v) is 6.16. The molecule has 128 valence electrons. The van der Waals surface area contributed by atoms with E-state index in [9.17, 15) is 9.59 Å². The van der Waals surface area contributed by atoms with Crippen LogP contribution in [-0.2, 0) is 20.9 Å². The molecule has 1 aromatic rings. The first kappa shape index (κ1) is 19.2. The summed E-state index contributed by atoms with van der Waals surface area (Å²) in [6.07, 6.45) is 0. The first-order chi connectivity index (χ1) is 10.8. The number of aryl methyl sites for hydroxylation is 1. The van der Waals surface area contributed by atoms with E-state index in [1.807, 2.05) is 45.0 Å². The molecule has 1 aromatic carbocycles. The molecule has 0 saturated carbocycles. The van der Waals surface area contributed by atoms with Crippen molar-refractivity contribution in [2.45, 2.75) is 40.3 Å². The number of methoxy groups -OCH3 is 1. The standard InChI is InChI=1S/C18H28N2O3/c1-13(2)17(19-15(4)21)18(22)20(10-11-23-5)12-16-8-6-14(3)7-9-16/h6-9,13,17H,10-12H2,1-5H3,(H,19,21)/t17-/m0/s1. The highest BCUT2D eigenvalue weighted by molar-refractivity contribution is 5.87. The zero-order chi connectivity index (χ0) is 17.4. The van der Waals surface area contributed by atoms with Crippen LogP contribution in [0.2, 0.25) is 0 Å². The first-order valence-electron chi connectivity index (χ1n) is 7.95. The highest BCUT2D eigenvalue weighted by atomic mass is 16.5. The molecule has 2 amide bonds. The molecule has 0 unspecified atom stereocenters. The van der Waals surface area contributed by atoms with Gasteiger partial charge < -0.3 is 15.0 Å². The quantitative estimate of drug-likeness (QED) is 0.798. The van der Waals surface area contributed by atoms with Crippen LogP contribution in [0, 0.1) is 12.8 Å². The summed E-state index contributed by atoms with van der Waals surface area (Å²) >= 11 is 0. The molecule has 0 aliphatic heterocycles. The number of nitrogens with one attached hydrogen (secondary N) is 1. The Morgan fingerprint density at radius 2 is 1.83 bits per heavy atom. The lowest BCUT2D eigenvalue weighted by Gasteiger charge is -2.29. The van der Waals surface area contributed by atoms with Crippen LogP contribution in [0.1, 0.15) is 31.9 Å². The molecular weight excluding hydrogens is 292 g/mol. The molecule has 5 heteroatoms. The lowest BCUT2D eigenvalue weighted by atomic mass is 10.0. The van der Waals surface area contributed by atoms with Crippen LogP contribution in [0.25, 0.3) is 0 Å². The minimum absolute atomic E-state index is 0.0227. The molecule has 0 aliphatic carbocycles. The van der Waals surface area contributed by atoms with E-state index in [0.29, 0.717) is 19.7 Å². The second-order valence-electron chi connectivity index (χ2n) is 6.16. The third-order valence-corrected chi connectivity index (χ3v) is 3.66. The topological polar surface area (TPSA) is 58.6 Å². The van der Waals surface area contributed by atoms with Crippen molar-refractivity contribution < 1.29 is 14.3 Å². The number of ether oxygens (including phenoxy) is 1. The smallest absolute Gasteiger partial charge is 0.245 e. The van der Waals surface area contributed by atoms with Crippen LogP contribution in [-0.4, -0.2) is 43.0 Å². The van der Waals surface area contributed by atoms with Crippen molar-refractivity contribution in [2.24, 2.45) is 5.92 Å². The maximum atomic E-state index is 12.9. The maximum absolute atomic E-state index is 12.9. The molecular formula is C18H28N2O3. The summed E-state index contributed by atoms with van der Waals surface area (Å²) in [5.41, 5.74) is 2.24. The number of benzene rings is 1. The molecule has 0 saturated heterocycles. The molecule has 0 heterocycles. The predicted molar refractivity (Wildman–Crippen MR) is 90.9 cm³/mol. The molecule has 0 spiro atoms. The van der Waals surface area contributed by atoms with Crippen molar-refractivity contribution in [1.82, 2.24) is 10.2 Å². The number of hydrogen-bond acceptors (Lipinski definition) is 3. The average Bonchev–Trinajstić information content (AvgIpc) is 2.50. The van der Waals surface area contributed by atoms with E-state index in [-0.39, 0.29) is 17.7 Å². The third kappa shape index (κ3) is 6.40. The van der Waals surface area contributed by atoms with Gasteiger partial charge in [-0.1, -0.05) is 43.7 Å². The normalized spacial score (nSPS) is 12.1. The van der Waals surface area contributed by atoms with E-state index < -0.39 is 6.04 Å². The Kier molecular flexibility index (Phi) is 7.75. The van der Waals surface area contributed by atoms with Crippen molar-refractivity contribution in [2.75, 3.05) is 20.3 Å². The summed E-state index contributed by atoms with van der Waals surface area (Å²) in [4.78, 5) is 26.0. The molecule has 0 radical (unpaired) electrons. The highest BCUT2D eigenvalue weighted by Gasteiger charge is 2.27. The Morgan fingerprint density at radius 3 is 2.30 bits per heavy atom. The van der Waals surface area contributed by atoms with Gasteiger partial charge in [0, 0.05) is 27.1 Å². The molecule has 1 N–H and O–H groups in total. The van der Waals surface area contributed by atoms with E-state index >= 15 is 0 Å². The molecule has 23 heavy (non-hydrogen) atoms. The van der Waals surface area contributed by atoms with Gasteiger partial charge in [0.15, 0.2) is 0 Å². The van der Waals surface area contributed by atoms with Crippen molar-refractivity contribution in [1.29, 1.82) is 0 Å². The van der Waals surface area contributed by atoms with E-state index in [4.69, 9.17) is 4.74 Å². The summed E-state index contributed by atoms with van der Waals surface area (Å²) < 4.78 is 5.12. The van der Waals surface area contributed by atoms with Crippen LogP contribution < -0.4 is 5.32 Å². The van der Waals surface area contributed by atoms with Crippen LogP contribution in [0.3, 0.4) is 0 Å². The van der Waals surface area contributed by atoms with Gasteiger partial charge in [0.2, 0.25) is 11.8 Å². The fraction of sp³-hybridized carbons (Fsp3) is 0.556. The van der Waals surface area contributed by atoms with E-state index in [2.05, 4.69) is 5.32 Å². The second kappa shape index (κ2) is 9.30. The molecule has 0 bridgehead atoms. The minimum Gasteiger partial charge on any atom is -0.383 e. The predicted octanol–water partition coefficient (Wildman–Crippen LogP) is 2.13. The first-order valence-corrected chi connectivity index (χ1v) is 7.95. The Hall–Kier alpha value is -1.88. The summed E-state index contributed by atoms with van der Waals surface area (Å²) in [5, 5.41) is 2.76. The van der Waals surface area contributed by atoms with Crippen molar-refractivity contribution in [3.63, 3.8) is 0 Å². The lowest BCUT2D eigenvalue weighted by molar-refractivity contribution is -0.138. The molecule has 5 nitrogen and oxygen atoms in total. The number of carbonyl (C=O) groups is 2. The van der Waals surface area contributed by atoms with Gasteiger partial charge >= 0.3 is 0 Å². The van der Waals surface area contributed by atoms with Crippen LogP contribution in [0.5, 0.6) is 0 Å². The summed E-state index contributed by atoms with van der Waals surface area (Å²) in [7, 11) is 1.61. The molecule has 0 aliphatic rings.